The summed E-state index contributed by atoms with van der Waals surface area (Å²) in [6.07, 6.45) is 1.25. The van der Waals surface area contributed by atoms with E-state index < -0.39 is 23.6 Å². The van der Waals surface area contributed by atoms with E-state index in [0.717, 1.165) is 17.0 Å². The Hall–Kier alpha value is -2.81. The first-order chi connectivity index (χ1) is 14.0. The van der Waals surface area contributed by atoms with Crippen LogP contribution in [-0.2, 0) is 9.59 Å². The van der Waals surface area contributed by atoms with E-state index in [9.17, 15) is 14.7 Å². The molecular weight excluding hydrogens is 384 g/mol. The average Bonchev–Trinajstić information content (AvgIpc) is 3.26. The van der Waals surface area contributed by atoms with Gasteiger partial charge in [0.1, 0.15) is 17.8 Å². The van der Waals surface area contributed by atoms with Gasteiger partial charge in [0.25, 0.3) is 0 Å². The number of nitrogens with zero attached hydrogens (tertiary/aromatic N) is 5. The summed E-state index contributed by atoms with van der Waals surface area (Å²) in [6.45, 7) is 9.78. The first kappa shape index (κ1) is 21.9. The number of likely N-dealkylation sites (N-methyl/N-ethyl adjacent to an activating group) is 1. The Balaban J connectivity index is 1.97. The maximum Gasteiger partial charge on any atom is 0.248 e. The van der Waals surface area contributed by atoms with Crippen LogP contribution in [0.2, 0.25) is 0 Å². The van der Waals surface area contributed by atoms with Crippen molar-refractivity contribution in [3.63, 3.8) is 0 Å². The summed E-state index contributed by atoms with van der Waals surface area (Å²) in [4.78, 5) is 31.7. The highest BCUT2D eigenvalue weighted by atomic mass is 16.3. The van der Waals surface area contributed by atoms with Crippen molar-refractivity contribution in [3.8, 4) is 11.3 Å². The molecule has 0 aromatic carbocycles. The summed E-state index contributed by atoms with van der Waals surface area (Å²) < 4.78 is 1.56. The van der Waals surface area contributed by atoms with Crippen LogP contribution in [0, 0.1) is 19.3 Å². The molecule has 3 heterocycles. The van der Waals surface area contributed by atoms with Crippen LogP contribution in [0.25, 0.3) is 11.3 Å². The number of hydrogen-bond donors (Lipinski definition) is 2. The van der Waals surface area contributed by atoms with Crippen molar-refractivity contribution in [3.05, 3.63) is 29.7 Å². The first-order valence-corrected chi connectivity index (χ1v) is 10.1. The molecule has 2 unspecified atom stereocenters. The Labute approximate surface area is 176 Å². The second kappa shape index (κ2) is 8.14. The van der Waals surface area contributed by atoms with Crippen LogP contribution >= 0.6 is 0 Å². The lowest BCUT2D eigenvalue weighted by Gasteiger charge is -2.34. The number of carbonyl (C=O) groups is 2. The average molecular weight is 415 g/mol. The number of aryl methyl sites for hydroxylation is 2. The van der Waals surface area contributed by atoms with Crippen molar-refractivity contribution in [2.75, 3.05) is 13.6 Å². The van der Waals surface area contributed by atoms with Crippen molar-refractivity contribution in [1.82, 2.24) is 30.2 Å². The number of aromatic nitrogens is 4. The van der Waals surface area contributed by atoms with Crippen LogP contribution in [0.5, 0.6) is 0 Å². The molecule has 2 aromatic heterocycles. The highest BCUT2D eigenvalue weighted by molar-refractivity contribution is 5.90. The number of carbonyl (C=O) groups excluding carboxylic acids is 2. The summed E-state index contributed by atoms with van der Waals surface area (Å²) in [5, 5.41) is 21.2. The maximum atomic E-state index is 13.6. The van der Waals surface area contributed by atoms with Crippen molar-refractivity contribution < 1.29 is 14.7 Å². The van der Waals surface area contributed by atoms with E-state index in [1.165, 1.54) is 11.9 Å². The highest BCUT2D eigenvalue weighted by Gasteiger charge is 2.45. The first-order valence-electron chi connectivity index (χ1n) is 10.1. The van der Waals surface area contributed by atoms with Gasteiger partial charge in [0.05, 0.1) is 12.3 Å². The molecule has 2 amide bonds. The Morgan fingerprint density at radius 1 is 1.23 bits per heavy atom. The molecule has 1 fully saturated rings. The Kier molecular flexibility index (Phi) is 5.94. The molecule has 0 saturated carbocycles. The summed E-state index contributed by atoms with van der Waals surface area (Å²) >= 11 is 0. The van der Waals surface area contributed by atoms with Crippen molar-refractivity contribution >= 4 is 11.8 Å². The van der Waals surface area contributed by atoms with Gasteiger partial charge in [-0.15, -0.1) is 5.10 Å². The number of aliphatic hydroxyl groups is 1. The minimum Gasteiger partial charge on any atom is -0.391 e. The van der Waals surface area contributed by atoms with Gasteiger partial charge in [-0.25, -0.2) is 4.68 Å². The van der Waals surface area contributed by atoms with Crippen LogP contribution in [0.15, 0.2) is 18.3 Å². The number of aliphatic hydroxyl groups excluding tert-OH is 1. The van der Waals surface area contributed by atoms with E-state index in [1.807, 2.05) is 46.8 Å². The molecule has 3 rings (SSSR count). The molecule has 1 aliphatic rings. The summed E-state index contributed by atoms with van der Waals surface area (Å²) in [5.41, 5.74) is 2.79. The van der Waals surface area contributed by atoms with Gasteiger partial charge in [-0.05, 0) is 31.4 Å². The zero-order valence-corrected chi connectivity index (χ0v) is 18.4. The summed E-state index contributed by atoms with van der Waals surface area (Å²) in [6, 6.07) is 2.47. The quantitative estimate of drug-likeness (QED) is 0.779. The lowest BCUT2D eigenvalue weighted by atomic mass is 9.85. The molecule has 1 saturated heterocycles. The Morgan fingerprint density at radius 2 is 1.87 bits per heavy atom. The normalized spacial score (nSPS) is 20.3. The number of pyridine rings is 1. The molecule has 1 aliphatic heterocycles. The Morgan fingerprint density at radius 3 is 2.43 bits per heavy atom. The van der Waals surface area contributed by atoms with Gasteiger partial charge in [0, 0.05) is 37.0 Å². The van der Waals surface area contributed by atoms with Gasteiger partial charge in [-0.1, -0.05) is 26.0 Å². The van der Waals surface area contributed by atoms with E-state index in [4.69, 9.17) is 0 Å². The Bertz CT molecular complexity index is 928. The zero-order chi connectivity index (χ0) is 22.2. The maximum absolute atomic E-state index is 13.6. The molecule has 9 nitrogen and oxygen atoms in total. The third kappa shape index (κ3) is 4.35. The molecule has 162 valence electrons. The number of likely N-dealkylation sites (tertiary alicyclic amines) is 1. The second-order valence-corrected chi connectivity index (χ2v) is 9.00. The fourth-order valence-corrected chi connectivity index (χ4v) is 4.03. The third-order valence-electron chi connectivity index (χ3n) is 5.32. The second-order valence-electron chi connectivity index (χ2n) is 9.00. The van der Waals surface area contributed by atoms with Crippen molar-refractivity contribution in [2.24, 2.45) is 5.41 Å². The molecule has 2 N–H and O–H groups in total. The van der Waals surface area contributed by atoms with Gasteiger partial charge in [-0.3, -0.25) is 14.6 Å². The SMILES string of the molecule is CNC(=O)C1CC(O)CN1C(=O)[C@@H](n1cc(-c2cc(C)nc(C)c2)nn1)C(C)(C)C. The lowest BCUT2D eigenvalue weighted by molar-refractivity contribution is -0.144. The van der Waals surface area contributed by atoms with Crippen LogP contribution in [0.3, 0.4) is 0 Å². The fourth-order valence-electron chi connectivity index (χ4n) is 4.03. The van der Waals surface area contributed by atoms with Crippen LogP contribution in [0.4, 0.5) is 0 Å². The van der Waals surface area contributed by atoms with Crippen LogP contribution in [-0.4, -0.2) is 67.5 Å². The van der Waals surface area contributed by atoms with Gasteiger partial charge < -0.3 is 15.3 Å². The number of nitrogens with one attached hydrogen (secondary N) is 1. The molecule has 0 spiro atoms. The number of amides is 2. The van der Waals surface area contributed by atoms with Crippen LogP contribution in [0.1, 0.15) is 44.6 Å². The van der Waals surface area contributed by atoms with Gasteiger partial charge >= 0.3 is 0 Å². The van der Waals surface area contributed by atoms with Crippen molar-refractivity contribution in [2.45, 2.75) is 59.2 Å². The van der Waals surface area contributed by atoms with E-state index in [-0.39, 0.29) is 24.8 Å². The van der Waals surface area contributed by atoms with Gasteiger partial charge in [-0.2, -0.15) is 0 Å². The van der Waals surface area contributed by atoms with E-state index in [2.05, 4.69) is 20.6 Å². The molecule has 0 aliphatic carbocycles. The number of hydrogen-bond acceptors (Lipinski definition) is 6. The zero-order valence-electron chi connectivity index (χ0n) is 18.4. The van der Waals surface area contributed by atoms with Crippen molar-refractivity contribution in [1.29, 1.82) is 0 Å². The molecule has 9 heteroatoms. The van der Waals surface area contributed by atoms with Gasteiger partial charge in [0.2, 0.25) is 11.8 Å². The summed E-state index contributed by atoms with van der Waals surface area (Å²) in [7, 11) is 1.53. The largest absolute Gasteiger partial charge is 0.391 e. The standard InChI is InChI=1S/C21H30N6O3/c1-12-7-14(8-13(2)23-12)16-11-27(25-24-16)18(21(3,4)5)20(30)26-10-15(28)9-17(26)19(29)22-6/h7-8,11,15,17-18,28H,9-10H2,1-6H3,(H,22,29)/t15?,17?,18-/m1/s1. The smallest absolute Gasteiger partial charge is 0.248 e. The molecule has 0 radical (unpaired) electrons. The molecule has 30 heavy (non-hydrogen) atoms. The molecule has 0 bridgehead atoms. The number of β-amino-alcohol motifs (C(OH)–C–C–N with tert-alkyl or cyclic N) is 1. The molecule has 3 atom stereocenters. The monoisotopic (exact) mass is 414 g/mol. The highest BCUT2D eigenvalue weighted by Crippen LogP contribution is 2.35. The van der Waals surface area contributed by atoms with Gasteiger partial charge in [0.15, 0.2) is 0 Å². The fraction of sp³-hybridized carbons (Fsp3) is 0.571. The van der Waals surface area contributed by atoms with Crippen LogP contribution < -0.4 is 5.32 Å². The molecular formula is C21H30N6O3. The van der Waals surface area contributed by atoms with E-state index >= 15 is 0 Å². The topological polar surface area (TPSA) is 113 Å². The van der Waals surface area contributed by atoms with E-state index in [1.54, 1.807) is 10.9 Å². The van der Waals surface area contributed by atoms with E-state index in [0.29, 0.717) is 5.69 Å². The predicted octanol–water partition coefficient (Wildman–Crippen LogP) is 1.25. The summed E-state index contributed by atoms with van der Waals surface area (Å²) in [5.74, 6) is -0.541. The third-order valence-corrected chi connectivity index (χ3v) is 5.32. The number of rotatable bonds is 4. The predicted molar refractivity (Wildman–Crippen MR) is 111 cm³/mol. The minimum absolute atomic E-state index is 0.119. The lowest BCUT2D eigenvalue weighted by Crippen LogP contribution is -2.49. The molecule has 2 aromatic rings. The minimum atomic E-state index is -0.731.